The molecule has 0 aliphatic heterocycles. The molecule has 0 spiro atoms. The summed E-state index contributed by atoms with van der Waals surface area (Å²) < 4.78 is 0. The van der Waals surface area contributed by atoms with Crippen molar-refractivity contribution in [3.05, 3.63) is 0 Å². The van der Waals surface area contributed by atoms with Crippen LogP contribution in [0.5, 0.6) is 0 Å². The highest BCUT2D eigenvalue weighted by Gasteiger charge is 2.07. The predicted molar refractivity (Wildman–Crippen MR) is 67.2 cm³/mol. The van der Waals surface area contributed by atoms with Gasteiger partial charge in [0.2, 0.25) is 5.91 Å². The average molecular weight is 229 g/mol. The number of amides is 1. The zero-order valence-corrected chi connectivity index (χ0v) is 11.0. The lowest BCUT2D eigenvalue weighted by molar-refractivity contribution is -0.121. The predicted octanol–water partition coefficient (Wildman–Crippen LogP) is 2.48. The Labute approximate surface area is 99.6 Å². The van der Waals surface area contributed by atoms with Crippen LogP contribution in [0.2, 0.25) is 0 Å². The van der Waals surface area contributed by atoms with Gasteiger partial charge in [-0.05, 0) is 32.1 Å². The van der Waals surface area contributed by atoms with E-state index >= 15 is 0 Å². The third-order valence-corrected chi connectivity index (χ3v) is 2.64. The number of aliphatic hydroxyl groups excluding tert-OH is 1. The summed E-state index contributed by atoms with van der Waals surface area (Å²) in [5.41, 5.74) is 0. The molecule has 1 amide bonds. The summed E-state index contributed by atoms with van der Waals surface area (Å²) in [6, 6.07) is 0.278. The van der Waals surface area contributed by atoms with Gasteiger partial charge in [0.25, 0.3) is 0 Å². The molecule has 3 heteroatoms. The SMILES string of the molecule is CC(C)CCCC(C)NC(=O)CCCCO. The summed E-state index contributed by atoms with van der Waals surface area (Å²) in [4.78, 5) is 11.4. The summed E-state index contributed by atoms with van der Waals surface area (Å²) in [5.74, 6) is 0.859. The molecule has 3 nitrogen and oxygen atoms in total. The molecule has 0 aliphatic carbocycles. The topological polar surface area (TPSA) is 49.3 Å². The zero-order chi connectivity index (χ0) is 12.4. The fourth-order valence-electron chi connectivity index (χ4n) is 1.65. The Morgan fingerprint density at radius 1 is 1.12 bits per heavy atom. The van der Waals surface area contributed by atoms with Gasteiger partial charge in [-0.3, -0.25) is 4.79 Å². The van der Waals surface area contributed by atoms with Crippen molar-refractivity contribution in [2.45, 2.75) is 65.3 Å². The average Bonchev–Trinajstić information content (AvgIpc) is 2.17. The van der Waals surface area contributed by atoms with E-state index in [4.69, 9.17) is 5.11 Å². The molecule has 0 fully saturated rings. The Balaban J connectivity index is 3.46. The molecule has 0 aromatic rings. The van der Waals surface area contributed by atoms with E-state index in [0.29, 0.717) is 6.42 Å². The van der Waals surface area contributed by atoms with Gasteiger partial charge in [-0.15, -0.1) is 0 Å². The van der Waals surface area contributed by atoms with Gasteiger partial charge in [-0.1, -0.05) is 26.7 Å². The Hall–Kier alpha value is -0.570. The van der Waals surface area contributed by atoms with Crippen LogP contribution in [0, 0.1) is 5.92 Å². The van der Waals surface area contributed by atoms with E-state index in [1.807, 2.05) is 0 Å². The second-order valence-corrected chi connectivity index (χ2v) is 4.97. The van der Waals surface area contributed by atoms with E-state index in [2.05, 4.69) is 26.1 Å². The first kappa shape index (κ1) is 15.4. The number of unbranched alkanes of at least 4 members (excludes halogenated alkanes) is 1. The summed E-state index contributed by atoms with van der Waals surface area (Å²) >= 11 is 0. The molecule has 0 rings (SSSR count). The van der Waals surface area contributed by atoms with Gasteiger partial charge < -0.3 is 10.4 Å². The van der Waals surface area contributed by atoms with E-state index in [-0.39, 0.29) is 18.6 Å². The lowest BCUT2D eigenvalue weighted by atomic mass is 10.0. The van der Waals surface area contributed by atoms with Crippen molar-refractivity contribution in [2.24, 2.45) is 5.92 Å². The molecule has 96 valence electrons. The number of carbonyl (C=O) groups is 1. The Morgan fingerprint density at radius 2 is 1.81 bits per heavy atom. The number of aliphatic hydroxyl groups is 1. The number of rotatable bonds is 9. The van der Waals surface area contributed by atoms with E-state index in [1.54, 1.807) is 0 Å². The second-order valence-electron chi connectivity index (χ2n) is 4.97. The highest BCUT2D eigenvalue weighted by molar-refractivity contribution is 5.76. The van der Waals surface area contributed by atoms with Crippen LogP contribution in [-0.4, -0.2) is 23.7 Å². The minimum Gasteiger partial charge on any atom is -0.396 e. The minimum atomic E-state index is 0.116. The molecular weight excluding hydrogens is 202 g/mol. The maximum Gasteiger partial charge on any atom is 0.220 e. The molecular formula is C13H27NO2. The largest absolute Gasteiger partial charge is 0.396 e. The first-order valence-corrected chi connectivity index (χ1v) is 6.46. The van der Waals surface area contributed by atoms with Crippen molar-refractivity contribution >= 4 is 5.91 Å². The van der Waals surface area contributed by atoms with Gasteiger partial charge >= 0.3 is 0 Å². The van der Waals surface area contributed by atoms with Crippen LogP contribution in [0.1, 0.15) is 59.3 Å². The van der Waals surface area contributed by atoms with Gasteiger partial charge in [-0.25, -0.2) is 0 Å². The maximum atomic E-state index is 11.4. The first-order chi connectivity index (χ1) is 7.56. The lowest BCUT2D eigenvalue weighted by Gasteiger charge is -2.14. The monoisotopic (exact) mass is 229 g/mol. The van der Waals surface area contributed by atoms with E-state index in [9.17, 15) is 4.79 Å². The van der Waals surface area contributed by atoms with Crippen molar-refractivity contribution < 1.29 is 9.90 Å². The van der Waals surface area contributed by atoms with Crippen LogP contribution >= 0.6 is 0 Å². The zero-order valence-electron chi connectivity index (χ0n) is 11.0. The smallest absolute Gasteiger partial charge is 0.220 e. The fourth-order valence-corrected chi connectivity index (χ4v) is 1.65. The quantitative estimate of drug-likeness (QED) is 0.597. The van der Waals surface area contributed by atoms with E-state index < -0.39 is 0 Å². The van der Waals surface area contributed by atoms with Crippen LogP contribution in [-0.2, 0) is 4.79 Å². The van der Waals surface area contributed by atoms with Gasteiger partial charge in [0.1, 0.15) is 0 Å². The van der Waals surface area contributed by atoms with Gasteiger partial charge in [0, 0.05) is 19.1 Å². The molecule has 16 heavy (non-hydrogen) atoms. The van der Waals surface area contributed by atoms with Crippen LogP contribution in [0.3, 0.4) is 0 Å². The third-order valence-electron chi connectivity index (χ3n) is 2.64. The number of nitrogens with one attached hydrogen (secondary N) is 1. The molecule has 0 heterocycles. The van der Waals surface area contributed by atoms with E-state index in [1.165, 1.54) is 12.8 Å². The van der Waals surface area contributed by atoms with Gasteiger partial charge in [-0.2, -0.15) is 0 Å². The molecule has 1 atom stereocenters. The normalized spacial score (nSPS) is 12.8. The van der Waals surface area contributed by atoms with Gasteiger partial charge in [0.05, 0.1) is 0 Å². The molecule has 1 unspecified atom stereocenters. The summed E-state index contributed by atoms with van der Waals surface area (Å²) in [7, 11) is 0. The van der Waals surface area contributed by atoms with Crippen molar-refractivity contribution in [1.82, 2.24) is 5.32 Å². The fraction of sp³-hybridized carbons (Fsp3) is 0.923. The standard InChI is InChI=1S/C13H27NO2/c1-11(2)7-6-8-12(3)14-13(16)9-4-5-10-15/h11-12,15H,4-10H2,1-3H3,(H,14,16). The second kappa shape index (κ2) is 9.64. The highest BCUT2D eigenvalue weighted by atomic mass is 16.2. The van der Waals surface area contributed by atoms with Gasteiger partial charge in [0.15, 0.2) is 0 Å². The van der Waals surface area contributed by atoms with Crippen molar-refractivity contribution in [2.75, 3.05) is 6.61 Å². The molecule has 0 saturated carbocycles. The lowest BCUT2D eigenvalue weighted by Crippen LogP contribution is -2.32. The molecule has 0 radical (unpaired) electrons. The highest BCUT2D eigenvalue weighted by Crippen LogP contribution is 2.08. The molecule has 0 bridgehead atoms. The van der Waals surface area contributed by atoms with Crippen LogP contribution in [0.15, 0.2) is 0 Å². The minimum absolute atomic E-state index is 0.116. The van der Waals surface area contributed by atoms with Crippen molar-refractivity contribution in [3.8, 4) is 0 Å². The third kappa shape index (κ3) is 9.97. The molecule has 0 aliphatic rings. The number of hydrogen-bond donors (Lipinski definition) is 2. The Kier molecular flexibility index (Phi) is 9.30. The Bertz CT molecular complexity index is 181. The van der Waals surface area contributed by atoms with Crippen LogP contribution < -0.4 is 5.32 Å². The van der Waals surface area contributed by atoms with Crippen molar-refractivity contribution in [1.29, 1.82) is 0 Å². The summed E-state index contributed by atoms with van der Waals surface area (Å²) in [6.45, 7) is 6.68. The number of carbonyl (C=O) groups excluding carboxylic acids is 1. The maximum absolute atomic E-state index is 11.4. The first-order valence-electron chi connectivity index (χ1n) is 6.46. The molecule has 0 aromatic heterocycles. The molecule has 0 saturated heterocycles. The Morgan fingerprint density at radius 3 is 2.38 bits per heavy atom. The van der Waals surface area contributed by atoms with Crippen molar-refractivity contribution in [3.63, 3.8) is 0 Å². The van der Waals surface area contributed by atoms with Crippen LogP contribution in [0.4, 0.5) is 0 Å². The molecule has 0 aromatic carbocycles. The molecule has 2 N–H and O–H groups in total. The number of hydrogen-bond acceptors (Lipinski definition) is 2. The van der Waals surface area contributed by atoms with E-state index in [0.717, 1.165) is 25.2 Å². The van der Waals surface area contributed by atoms with Crippen LogP contribution in [0.25, 0.3) is 0 Å². The summed E-state index contributed by atoms with van der Waals surface area (Å²) in [5, 5.41) is 11.6. The summed E-state index contributed by atoms with van der Waals surface area (Å²) in [6.07, 6.45) is 5.50.